The largest absolute Gasteiger partial charge is 0.437 e. The molecule has 246 valence electrons. The van der Waals surface area contributed by atoms with Gasteiger partial charge in [-0.3, -0.25) is 4.57 Å². The number of para-hydroxylation sites is 2. The van der Waals surface area contributed by atoms with E-state index in [9.17, 15) is 0 Å². The van der Waals surface area contributed by atoms with E-state index in [1.165, 1.54) is 27.8 Å². The maximum absolute atomic E-state index is 8.64. The highest BCUT2D eigenvalue weighted by Crippen LogP contribution is 2.50. The predicted octanol–water partition coefficient (Wildman–Crippen LogP) is 12.5. The molecule has 8 aromatic rings. The molecule has 4 nitrogen and oxygen atoms in total. The molecule has 3 aromatic heterocycles. The molecule has 5 aromatic carbocycles. The molecule has 1 aliphatic rings. The number of benzene rings is 5. The fourth-order valence-corrected chi connectivity index (χ4v) is 8.09. The van der Waals surface area contributed by atoms with Gasteiger partial charge in [-0.15, -0.1) is 0 Å². The molecule has 0 atom stereocenters. The van der Waals surface area contributed by atoms with Gasteiger partial charge in [-0.25, -0.2) is 9.97 Å². The molecule has 0 amide bonds. The topological polar surface area (TPSA) is 43.9 Å². The molecule has 0 saturated heterocycles. The highest BCUT2D eigenvalue weighted by Gasteiger charge is 2.37. The van der Waals surface area contributed by atoms with Crippen LogP contribution in [-0.4, -0.2) is 14.5 Å². The van der Waals surface area contributed by atoms with Gasteiger partial charge in [0.25, 0.3) is 0 Å². The standard InChI is InChI=1S/C46H41N3O/c1-26(2)33-23-30(29-15-9-8-10-16-29)24-34(27(3)4)42(33)49-39-20-14-13-19-38(39)47-44(49)32-22-21-28(5)40-35-25-37-41(48-45(35)50-43(32)40)31-17-11-12-18-36(31)46(37,6)7/h8-27H,1-7H3/i5D3. The smallest absolute Gasteiger partial charge is 0.227 e. The normalized spacial score (nSPS) is 14.8. The summed E-state index contributed by atoms with van der Waals surface area (Å²) in [6.45, 7) is 11.0. The van der Waals surface area contributed by atoms with Crippen LogP contribution in [0.5, 0.6) is 0 Å². The van der Waals surface area contributed by atoms with Crippen molar-refractivity contribution < 1.29 is 8.53 Å². The third-order valence-corrected chi connectivity index (χ3v) is 10.7. The number of aryl methyl sites for hydroxylation is 1. The minimum Gasteiger partial charge on any atom is -0.437 e. The summed E-state index contributed by atoms with van der Waals surface area (Å²) in [5.41, 5.74) is 13.4. The van der Waals surface area contributed by atoms with Gasteiger partial charge in [0.15, 0.2) is 0 Å². The Bertz CT molecular complexity index is 2720. The molecule has 0 fully saturated rings. The quantitative estimate of drug-likeness (QED) is 0.185. The SMILES string of the molecule is [2H]C([2H])([2H])c1ccc(-c2nc3ccccc3n2-c2c(C(C)C)cc(-c3ccccc3)cc2C(C)C)c2oc3nc4c(cc3c12)C(C)(C)c1ccccc1-4. The molecule has 0 bridgehead atoms. The van der Waals surface area contributed by atoms with Gasteiger partial charge in [-0.1, -0.05) is 114 Å². The highest BCUT2D eigenvalue weighted by atomic mass is 16.3. The molecular formula is C46H41N3O. The van der Waals surface area contributed by atoms with Crippen molar-refractivity contribution in [2.24, 2.45) is 0 Å². The lowest BCUT2D eigenvalue weighted by atomic mass is 9.82. The zero-order valence-corrected chi connectivity index (χ0v) is 29.3. The number of imidazole rings is 1. The van der Waals surface area contributed by atoms with Gasteiger partial charge in [-0.2, -0.15) is 0 Å². The lowest BCUT2D eigenvalue weighted by molar-refractivity contribution is 0.647. The molecule has 0 radical (unpaired) electrons. The summed E-state index contributed by atoms with van der Waals surface area (Å²) >= 11 is 0. The fraction of sp³-hybridized carbons (Fsp3) is 0.217. The van der Waals surface area contributed by atoms with Crippen molar-refractivity contribution in [2.45, 2.75) is 65.6 Å². The molecule has 4 heteroatoms. The van der Waals surface area contributed by atoms with Crippen LogP contribution in [0, 0.1) is 6.85 Å². The van der Waals surface area contributed by atoms with Crippen LogP contribution in [0.15, 0.2) is 114 Å². The first-order valence-electron chi connectivity index (χ1n) is 19.1. The highest BCUT2D eigenvalue weighted by molar-refractivity contribution is 6.11. The summed E-state index contributed by atoms with van der Waals surface area (Å²) in [4.78, 5) is 10.5. The molecule has 0 saturated carbocycles. The van der Waals surface area contributed by atoms with Crippen molar-refractivity contribution in [3.63, 3.8) is 0 Å². The Morgan fingerprint density at radius 2 is 1.40 bits per heavy atom. The lowest BCUT2D eigenvalue weighted by Gasteiger charge is -2.24. The number of hydrogen-bond acceptors (Lipinski definition) is 3. The minimum atomic E-state index is -2.38. The second kappa shape index (κ2) is 11.0. The van der Waals surface area contributed by atoms with E-state index in [0.29, 0.717) is 27.9 Å². The zero-order valence-electron chi connectivity index (χ0n) is 32.3. The van der Waals surface area contributed by atoms with E-state index in [0.717, 1.165) is 39.1 Å². The van der Waals surface area contributed by atoms with Crippen LogP contribution in [0.2, 0.25) is 0 Å². The van der Waals surface area contributed by atoms with Gasteiger partial charge in [0, 0.05) is 25.9 Å². The molecule has 3 heterocycles. The van der Waals surface area contributed by atoms with E-state index in [1.54, 1.807) is 6.07 Å². The summed E-state index contributed by atoms with van der Waals surface area (Å²) in [5, 5.41) is 1.26. The predicted molar refractivity (Wildman–Crippen MR) is 207 cm³/mol. The summed E-state index contributed by atoms with van der Waals surface area (Å²) in [6.07, 6.45) is 0. The van der Waals surface area contributed by atoms with E-state index < -0.39 is 6.85 Å². The summed E-state index contributed by atoms with van der Waals surface area (Å²) in [5.74, 6) is 1.09. The van der Waals surface area contributed by atoms with Crippen LogP contribution in [0.3, 0.4) is 0 Å². The van der Waals surface area contributed by atoms with Crippen molar-refractivity contribution in [1.82, 2.24) is 14.5 Å². The molecule has 0 spiro atoms. The van der Waals surface area contributed by atoms with E-state index >= 15 is 0 Å². The Labute approximate surface area is 297 Å². The van der Waals surface area contributed by atoms with E-state index in [-0.39, 0.29) is 22.8 Å². The van der Waals surface area contributed by atoms with Gasteiger partial charge in [0.05, 0.1) is 28.0 Å². The van der Waals surface area contributed by atoms with Gasteiger partial charge in [0.1, 0.15) is 11.4 Å². The van der Waals surface area contributed by atoms with Crippen molar-refractivity contribution >= 4 is 33.1 Å². The third-order valence-electron chi connectivity index (χ3n) is 10.7. The first kappa shape index (κ1) is 27.4. The first-order chi connectivity index (χ1) is 25.3. The summed E-state index contributed by atoms with van der Waals surface area (Å²) in [6, 6.07) is 37.5. The van der Waals surface area contributed by atoms with Gasteiger partial charge in [-0.05, 0) is 94.0 Å². The second-order valence-corrected chi connectivity index (χ2v) is 14.8. The van der Waals surface area contributed by atoms with Crippen LogP contribution in [0.25, 0.3) is 72.6 Å². The molecule has 0 unspecified atom stereocenters. The van der Waals surface area contributed by atoms with E-state index in [2.05, 4.69) is 113 Å². The maximum atomic E-state index is 8.64. The number of pyridine rings is 1. The Morgan fingerprint density at radius 1 is 0.700 bits per heavy atom. The van der Waals surface area contributed by atoms with E-state index in [4.69, 9.17) is 18.5 Å². The zero-order chi connectivity index (χ0) is 37.0. The van der Waals surface area contributed by atoms with Crippen molar-refractivity contribution in [3.8, 4) is 39.5 Å². The van der Waals surface area contributed by atoms with Crippen LogP contribution in [0.4, 0.5) is 0 Å². The number of furan rings is 1. The Balaban J connectivity index is 1.38. The van der Waals surface area contributed by atoms with Crippen molar-refractivity contribution in [2.75, 3.05) is 0 Å². The maximum Gasteiger partial charge on any atom is 0.227 e. The van der Waals surface area contributed by atoms with Crippen LogP contribution < -0.4 is 0 Å². The number of hydrogen-bond donors (Lipinski definition) is 0. The van der Waals surface area contributed by atoms with Gasteiger partial charge >= 0.3 is 0 Å². The van der Waals surface area contributed by atoms with Gasteiger partial charge in [0.2, 0.25) is 5.71 Å². The summed E-state index contributed by atoms with van der Waals surface area (Å²) < 4.78 is 35.0. The number of fused-ring (bicyclic) bond motifs is 7. The molecular weight excluding hydrogens is 611 g/mol. The average molecular weight is 655 g/mol. The van der Waals surface area contributed by atoms with Crippen LogP contribution in [0.1, 0.15) is 85.3 Å². The Hall–Kier alpha value is -5.48. The number of nitrogens with zero attached hydrogens (tertiary/aromatic N) is 3. The van der Waals surface area contributed by atoms with Crippen LogP contribution in [-0.2, 0) is 5.41 Å². The summed E-state index contributed by atoms with van der Waals surface area (Å²) in [7, 11) is 0. The molecule has 1 aliphatic carbocycles. The van der Waals surface area contributed by atoms with Crippen molar-refractivity contribution in [3.05, 3.63) is 137 Å². The van der Waals surface area contributed by atoms with Crippen LogP contribution >= 0.6 is 0 Å². The second-order valence-electron chi connectivity index (χ2n) is 14.8. The Morgan fingerprint density at radius 3 is 2.14 bits per heavy atom. The monoisotopic (exact) mass is 654 g/mol. The average Bonchev–Trinajstić information content (AvgIpc) is 3.78. The van der Waals surface area contributed by atoms with Gasteiger partial charge < -0.3 is 4.42 Å². The molecule has 9 rings (SSSR count). The molecule has 0 aliphatic heterocycles. The molecule has 0 N–H and O–H groups in total. The third kappa shape index (κ3) is 4.37. The first-order valence-corrected chi connectivity index (χ1v) is 17.6. The number of aromatic nitrogens is 3. The van der Waals surface area contributed by atoms with E-state index in [1.807, 2.05) is 36.4 Å². The minimum absolute atomic E-state index is 0.196. The lowest BCUT2D eigenvalue weighted by Crippen LogP contribution is -2.14. The fourth-order valence-electron chi connectivity index (χ4n) is 8.09. The number of rotatable bonds is 5. The van der Waals surface area contributed by atoms with Crippen molar-refractivity contribution in [1.29, 1.82) is 0 Å². The molecule has 50 heavy (non-hydrogen) atoms. The Kier molecular flexibility index (Phi) is 6.03.